The molecule has 1 amide bonds. The molecule has 2 aromatic carbocycles. The Balaban J connectivity index is 1.84. The van der Waals surface area contributed by atoms with Crippen molar-refractivity contribution in [2.75, 3.05) is 5.32 Å². The summed E-state index contributed by atoms with van der Waals surface area (Å²) in [5, 5.41) is 6.69. The molecule has 0 saturated carbocycles. The molecular formula is C20H10Cl2F4N4O. The lowest BCUT2D eigenvalue weighted by atomic mass is 10.1. The number of anilines is 1. The maximum absolute atomic E-state index is 13.6. The predicted octanol–water partition coefficient (Wildman–Crippen LogP) is 6.11. The lowest BCUT2D eigenvalue weighted by Gasteiger charge is -2.12. The fourth-order valence-corrected chi connectivity index (χ4v) is 3.33. The third-order valence-corrected chi connectivity index (χ3v) is 4.87. The van der Waals surface area contributed by atoms with Gasteiger partial charge in [0.25, 0.3) is 5.91 Å². The molecule has 2 heterocycles. The molecule has 4 aromatic rings. The molecule has 0 aliphatic carbocycles. The zero-order valence-corrected chi connectivity index (χ0v) is 16.7. The Labute approximate surface area is 182 Å². The SMILES string of the molecule is O=C(Nc1ccc(Cl)cc1Cl)c1cnn2c(C(F)(F)F)cc(-c3ccc(F)cc3)nc12. The highest BCUT2D eigenvalue weighted by molar-refractivity contribution is 6.36. The smallest absolute Gasteiger partial charge is 0.320 e. The van der Waals surface area contributed by atoms with Crippen molar-refractivity contribution in [3.63, 3.8) is 0 Å². The van der Waals surface area contributed by atoms with Gasteiger partial charge in [0.05, 0.1) is 22.6 Å². The number of halogens is 6. The third kappa shape index (κ3) is 4.19. The molecule has 0 bridgehead atoms. The summed E-state index contributed by atoms with van der Waals surface area (Å²) in [5.41, 5.74) is -1.32. The second-order valence-corrected chi connectivity index (χ2v) is 7.25. The average Bonchev–Trinajstić information content (AvgIpc) is 3.13. The van der Waals surface area contributed by atoms with E-state index in [0.717, 1.165) is 24.4 Å². The van der Waals surface area contributed by atoms with Crippen molar-refractivity contribution >= 4 is 40.4 Å². The molecule has 31 heavy (non-hydrogen) atoms. The minimum absolute atomic E-state index is 0.0982. The highest BCUT2D eigenvalue weighted by atomic mass is 35.5. The van der Waals surface area contributed by atoms with Gasteiger partial charge in [0.1, 0.15) is 11.4 Å². The van der Waals surface area contributed by atoms with Gasteiger partial charge in [-0.3, -0.25) is 4.79 Å². The van der Waals surface area contributed by atoms with Crippen LogP contribution in [0.2, 0.25) is 10.0 Å². The van der Waals surface area contributed by atoms with E-state index in [0.29, 0.717) is 9.54 Å². The normalized spacial score (nSPS) is 11.7. The molecule has 11 heteroatoms. The molecule has 0 atom stereocenters. The molecule has 5 nitrogen and oxygen atoms in total. The summed E-state index contributed by atoms with van der Waals surface area (Å²) in [5.74, 6) is -1.32. The number of carbonyl (C=O) groups excluding carboxylic acids is 1. The number of carbonyl (C=O) groups is 1. The zero-order chi connectivity index (χ0) is 22.3. The maximum Gasteiger partial charge on any atom is 0.433 e. The summed E-state index contributed by atoms with van der Waals surface area (Å²) in [6, 6.07) is 9.91. The number of amides is 1. The van der Waals surface area contributed by atoms with Crippen molar-refractivity contribution < 1.29 is 22.4 Å². The van der Waals surface area contributed by atoms with Crippen molar-refractivity contribution in [1.82, 2.24) is 14.6 Å². The molecule has 0 saturated heterocycles. The van der Waals surface area contributed by atoms with Gasteiger partial charge in [0, 0.05) is 10.6 Å². The topological polar surface area (TPSA) is 59.3 Å². The number of hydrogen-bond acceptors (Lipinski definition) is 3. The molecule has 2 aromatic heterocycles. The van der Waals surface area contributed by atoms with Gasteiger partial charge in [-0.1, -0.05) is 23.2 Å². The second-order valence-electron chi connectivity index (χ2n) is 6.40. The van der Waals surface area contributed by atoms with E-state index in [9.17, 15) is 22.4 Å². The molecule has 4 rings (SSSR count). The Hall–Kier alpha value is -3.17. The molecule has 1 N–H and O–H groups in total. The lowest BCUT2D eigenvalue weighted by molar-refractivity contribution is -0.142. The van der Waals surface area contributed by atoms with Crippen LogP contribution in [0.15, 0.2) is 54.7 Å². The van der Waals surface area contributed by atoms with Crippen LogP contribution in [-0.2, 0) is 6.18 Å². The second kappa shape index (κ2) is 7.82. The highest BCUT2D eigenvalue weighted by Crippen LogP contribution is 2.33. The van der Waals surface area contributed by atoms with Crippen LogP contribution in [0.3, 0.4) is 0 Å². The van der Waals surface area contributed by atoms with Crippen LogP contribution in [0, 0.1) is 5.82 Å². The average molecular weight is 469 g/mol. The van der Waals surface area contributed by atoms with Crippen LogP contribution in [0.25, 0.3) is 16.9 Å². The third-order valence-electron chi connectivity index (χ3n) is 4.33. The molecule has 0 aliphatic rings. The molecule has 158 valence electrons. The van der Waals surface area contributed by atoms with E-state index in [1.807, 2.05) is 0 Å². The number of nitrogens with zero attached hydrogens (tertiary/aromatic N) is 3. The number of nitrogens with one attached hydrogen (secondary N) is 1. The van der Waals surface area contributed by atoms with Gasteiger partial charge in [0.2, 0.25) is 0 Å². The molecule has 0 unspecified atom stereocenters. The van der Waals surface area contributed by atoms with Crippen molar-refractivity contribution in [1.29, 1.82) is 0 Å². The predicted molar refractivity (Wildman–Crippen MR) is 108 cm³/mol. The Kier molecular flexibility index (Phi) is 5.32. The van der Waals surface area contributed by atoms with E-state index < -0.39 is 23.6 Å². The van der Waals surface area contributed by atoms with Gasteiger partial charge >= 0.3 is 6.18 Å². The minimum atomic E-state index is -4.78. The van der Waals surface area contributed by atoms with Crippen molar-refractivity contribution in [3.8, 4) is 11.3 Å². The van der Waals surface area contributed by atoms with E-state index >= 15 is 0 Å². The van der Waals surface area contributed by atoms with Gasteiger partial charge in [-0.15, -0.1) is 0 Å². The fraction of sp³-hybridized carbons (Fsp3) is 0.0500. The van der Waals surface area contributed by atoms with Crippen LogP contribution in [0.5, 0.6) is 0 Å². The van der Waals surface area contributed by atoms with Crippen LogP contribution in [0.1, 0.15) is 16.1 Å². The number of hydrogen-bond donors (Lipinski definition) is 1. The summed E-state index contributed by atoms with van der Waals surface area (Å²) in [7, 11) is 0. The number of fused-ring (bicyclic) bond motifs is 1. The first-order valence-electron chi connectivity index (χ1n) is 8.62. The number of alkyl halides is 3. The van der Waals surface area contributed by atoms with Gasteiger partial charge in [0.15, 0.2) is 11.3 Å². The largest absolute Gasteiger partial charge is 0.433 e. The standard InChI is InChI=1S/C20H10Cl2F4N4O/c21-11-3-6-15(14(22)7-11)29-19(31)13-9-27-30-17(20(24,25)26)8-16(28-18(13)30)10-1-4-12(23)5-2-10/h1-9H,(H,29,31). The maximum atomic E-state index is 13.6. The molecule has 0 radical (unpaired) electrons. The summed E-state index contributed by atoms with van der Waals surface area (Å²) in [4.78, 5) is 16.9. The Morgan fingerprint density at radius 1 is 1.03 bits per heavy atom. The summed E-state index contributed by atoms with van der Waals surface area (Å²) >= 11 is 11.9. The molecule has 0 aliphatic heterocycles. The van der Waals surface area contributed by atoms with E-state index in [1.165, 1.54) is 30.3 Å². The minimum Gasteiger partial charge on any atom is -0.320 e. The van der Waals surface area contributed by atoms with Crippen molar-refractivity contribution in [3.05, 3.63) is 81.8 Å². The van der Waals surface area contributed by atoms with Gasteiger partial charge in [-0.05, 0) is 48.5 Å². The summed E-state index contributed by atoms with van der Waals surface area (Å²) < 4.78 is 54.7. The van der Waals surface area contributed by atoms with Gasteiger partial charge in [-0.2, -0.15) is 18.3 Å². The lowest BCUT2D eigenvalue weighted by Crippen LogP contribution is -2.16. The van der Waals surface area contributed by atoms with Crippen LogP contribution in [-0.4, -0.2) is 20.5 Å². The Bertz CT molecular complexity index is 1300. The Morgan fingerprint density at radius 2 is 1.74 bits per heavy atom. The van der Waals surface area contributed by atoms with E-state index in [2.05, 4.69) is 15.4 Å². The van der Waals surface area contributed by atoms with E-state index in [-0.39, 0.29) is 33.2 Å². The van der Waals surface area contributed by atoms with E-state index in [1.54, 1.807) is 0 Å². The number of aromatic nitrogens is 3. The fourth-order valence-electron chi connectivity index (χ4n) is 2.87. The van der Waals surface area contributed by atoms with Crippen molar-refractivity contribution in [2.24, 2.45) is 0 Å². The first kappa shape index (κ1) is 21.1. The first-order chi connectivity index (χ1) is 14.6. The van der Waals surface area contributed by atoms with Crippen LogP contribution in [0.4, 0.5) is 23.2 Å². The Morgan fingerprint density at radius 3 is 2.39 bits per heavy atom. The molecule has 0 fully saturated rings. The van der Waals surface area contributed by atoms with Gasteiger partial charge < -0.3 is 5.32 Å². The summed E-state index contributed by atoms with van der Waals surface area (Å²) in [6.45, 7) is 0. The zero-order valence-electron chi connectivity index (χ0n) is 15.2. The first-order valence-corrected chi connectivity index (χ1v) is 9.37. The van der Waals surface area contributed by atoms with Gasteiger partial charge in [-0.25, -0.2) is 13.9 Å². The molecule has 0 spiro atoms. The van der Waals surface area contributed by atoms with Crippen LogP contribution < -0.4 is 5.32 Å². The monoisotopic (exact) mass is 468 g/mol. The summed E-state index contributed by atoms with van der Waals surface area (Å²) in [6.07, 6.45) is -3.81. The quantitative estimate of drug-likeness (QED) is 0.368. The van der Waals surface area contributed by atoms with Crippen LogP contribution >= 0.6 is 23.2 Å². The number of rotatable bonds is 3. The number of benzene rings is 2. The highest BCUT2D eigenvalue weighted by Gasteiger charge is 2.36. The van der Waals surface area contributed by atoms with E-state index in [4.69, 9.17) is 23.2 Å². The molecular weight excluding hydrogens is 459 g/mol. The van der Waals surface area contributed by atoms with Crippen molar-refractivity contribution in [2.45, 2.75) is 6.18 Å².